The number of aryl methyl sites for hydroxylation is 1. The van der Waals surface area contributed by atoms with E-state index in [0.29, 0.717) is 12.6 Å². The lowest BCUT2D eigenvalue weighted by atomic mass is 10.1. The van der Waals surface area contributed by atoms with Gasteiger partial charge in [-0.3, -0.25) is 4.79 Å². The van der Waals surface area contributed by atoms with Crippen LogP contribution in [0.15, 0.2) is 23.1 Å². The number of nitrogens with zero attached hydrogens (tertiary/aromatic N) is 1. The normalized spacial score (nSPS) is 18.9. The van der Waals surface area contributed by atoms with Gasteiger partial charge in [0.15, 0.2) is 0 Å². The molecule has 1 aliphatic heterocycles. The minimum absolute atomic E-state index is 0.197. The highest BCUT2D eigenvalue weighted by Crippen LogP contribution is 2.37. The molecule has 3 nitrogen and oxygen atoms in total. The molecule has 0 saturated carbocycles. The van der Waals surface area contributed by atoms with Crippen LogP contribution in [0.25, 0.3) is 0 Å². The van der Waals surface area contributed by atoms with Gasteiger partial charge in [0.05, 0.1) is 12.1 Å². The highest BCUT2D eigenvalue weighted by atomic mass is 32.2. The van der Waals surface area contributed by atoms with Crippen LogP contribution in [-0.4, -0.2) is 29.4 Å². The van der Waals surface area contributed by atoms with E-state index in [1.165, 1.54) is 16.1 Å². The summed E-state index contributed by atoms with van der Waals surface area (Å²) < 4.78 is 0. The zero-order chi connectivity index (χ0) is 12.4. The van der Waals surface area contributed by atoms with Crippen molar-refractivity contribution < 1.29 is 9.90 Å². The van der Waals surface area contributed by atoms with E-state index in [2.05, 4.69) is 36.9 Å². The van der Waals surface area contributed by atoms with Crippen molar-refractivity contribution in [1.82, 2.24) is 0 Å². The number of thioether (sulfide) groups is 1. The molecule has 0 aliphatic carbocycles. The minimum atomic E-state index is -0.732. The van der Waals surface area contributed by atoms with Crippen LogP contribution in [0.2, 0.25) is 0 Å². The standard InChI is InChI=1S/C13H17NO2S/c1-9-3-4-12-11(7-9)14(6-5-13(15)16)10(2)8-17-12/h3-4,7,10H,5-6,8H2,1-2H3,(H,15,16). The molecule has 0 fully saturated rings. The maximum absolute atomic E-state index is 10.7. The Morgan fingerprint density at radius 3 is 3.06 bits per heavy atom. The number of hydrogen-bond donors (Lipinski definition) is 1. The molecular weight excluding hydrogens is 234 g/mol. The van der Waals surface area contributed by atoms with Crippen LogP contribution in [0.4, 0.5) is 5.69 Å². The second kappa shape index (κ2) is 5.00. The van der Waals surface area contributed by atoms with Crippen LogP contribution in [0.3, 0.4) is 0 Å². The molecule has 92 valence electrons. The summed E-state index contributed by atoms with van der Waals surface area (Å²) in [6.07, 6.45) is 0.197. The Kier molecular flexibility index (Phi) is 3.62. The zero-order valence-electron chi connectivity index (χ0n) is 10.1. The highest BCUT2D eigenvalue weighted by Gasteiger charge is 2.23. The Balaban J connectivity index is 2.25. The average Bonchev–Trinajstić information content (AvgIpc) is 2.27. The smallest absolute Gasteiger partial charge is 0.305 e. The van der Waals surface area contributed by atoms with E-state index in [4.69, 9.17) is 5.11 Å². The van der Waals surface area contributed by atoms with Crippen molar-refractivity contribution in [2.45, 2.75) is 31.2 Å². The lowest BCUT2D eigenvalue weighted by Gasteiger charge is -2.36. The average molecular weight is 251 g/mol. The minimum Gasteiger partial charge on any atom is -0.481 e. The van der Waals surface area contributed by atoms with Gasteiger partial charge in [0.2, 0.25) is 0 Å². The van der Waals surface area contributed by atoms with E-state index in [0.717, 1.165) is 5.75 Å². The number of carboxylic acids is 1. The van der Waals surface area contributed by atoms with Gasteiger partial charge < -0.3 is 10.0 Å². The molecule has 1 atom stereocenters. The van der Waals surface area contributed by atoms with Crippen LogP contribution in [0.1, 0.15) is 18.9 Å². The number of rotatable bonds is 3. The maximum Gasteiger partial charge on any atom is 0.305 e. The molecule has 1 unspecified atom stereocenters. The number of hydrogen-bond acceptors (Lipinski definition) is 3. The Hall–Kier alpha value is -1.16. The number of carboxylic acid groups (broad SMARTS) is 1. The number of anilines is 1. The lowest BCUT2D eigenvalue weighted by molar-refractivity contribution is -0.136. The third-order valence-electron chi connectivity index (χ3n) is 3.00. The van der Waals surface area contributed by atoms with Crippen molar-refractivity contribution in [3.63, 3.8) is 0 Å². The van der Waals surface area contributed by atoms with E-state index in [-0.39, 0.29) is 6.42 Å². The molecule has 1 aromatic rings. The van der Waals surface area contributed by atoms with Crippen LogP contribution in [-0.2, 0) is 4.79 Å². The Labute approximate surface area is 106 Å². The SMILES string of the molecule is Cc1ccc2c(c1)N(CCC(=O)O)C(C)CS2. The first-order chi connectivity index (χ1) is 8.08. The van der Waals surface area contributed by atoms with Gasteiger partial charge in [-0.2, -0.15) is 0 Å². The fraction of sp³-hybridized carbons (Fsp3) is 0.462. The van der Waals surface area contributed by atoms with Gasteiger partial charge in [-0.1, -0.05) is 6.07 Å². The number of benzene rings is 1. The third kappa shape index (κ3) is 2.75. The van der Waals surface area contributed by atoms with E-state index >= 15 is 0 Å². The van der Waals surface area contributed by atoms with Crippen LogP contribution < -0.4 is 4.90 Å². The summed E-state index contributed by atoms with van der Waals surface area (Å²) in [5.74, 6) is 0.292. The fourth-order valence-electron chi connectivity index (χ4n) is 2.07. The van der Waals surface area contributed by atoms with Crippen LogP contribution >= 0.6 is 11.8 Å². The van der Waals surface area contributed by atoms with Crippen molar-refractivity contribution in [3.8, 4) is 0 Å². The van der Waals surface area contributed by atoms with Gasteiger partial charge in [-0.25, -0.2) is 0 Å². The van der Waals surface area contributed by atoms with Gasteiger partial charge in [-0.05, 0) is 31.5 Å². The van der Waals surface area contributed by atoms with Crippen LogP contribution in [0.5, 0.6) is 0 Å². The molecule has 0 radical (unpaired) electrons. The van der Waals surface area contributed by atoms with Crippen molar-refractivity contribution in [3.05, 3.63) is 23.8 Å². The highest BCUT2D eigenvalue weighted by molar-refractivity contribution is 7.99. The summed E-state index contributed by atoms with van der Waals surface area (Å²) in [6, 6.07) is 6.79. The molecule has 0 aromatic heterocycles. The second-order valence-electron chi connectivity index (χ2n) is 4.47. The molecule has 1 aliphatic rings. The van der Waals surface area contributed by atoms with Gasteiger partial charge in [0.1, 0.15) is 0 Å². The van der Waals surface area contributed by atoms with E-state index < -0.39 is 5.97 Å². The Bertz CT molecular complexity index is 433. The quantitative estimate of drug-likeness (QED) is 0.896. The summed E-state index contributed by atoms with van der Waals surface area (Å²) in [6.45, 7) is 4.81. The predicted molar refractivity (Wildman–Crippen MR) is 71.0 cm³/mol. The first-order valence-corrected chi connectivity index (χ1v) is 6.78. The molecule has 2 rings (SSSR count). The summed E-state index contributed by atoms with van der Waals surface area (Å²) in [5, 5.41) is 8.80. The second-order valence-corrected chi connectivity index (χ2v) is 5.53. The van der Waals surface area contributed by atoms with Gasteiger partial charge >= 0.3 is 5.97 Å². The molecular formula is C13H17NO2S. The molecule has 1 N–H and O–H groups in total. The topological polar surface area (TPSA) is 40.5 Å². The lowest BCUT2D eigenvalue weighted by Crippen LogP contribution is -2.39. The summed E-state index contributed by atoms with van der Waals surface area (Å²) >= 11 is 1.85. The molecule has 17 heavy (non-hydrogen) atoms. The van der Waals surface area contributed by atoms with E-state index in [9.17, 15) is 4.79 Å². The maximum atomic E-state index is 10.7. The number of carbonyl (C=O) groups is 1. The first kappa shape index (κ1) is 12.3. The van der Waals surface area contributed by atoms with Crippen molar-refractivity contribution in [2.24, 2.45) is 0 Å². The van der Waals surface area contributed by atoms with Crippen molar-refractivity contribution in [1.29, 1.82) is 0 Å². The molecule has 1 heterocycles. The number of aliphatic carboxylic acids is 1. The monoisotopic (exact) mass is 251 g/mol. The van der Waals surface area contributed by atoms with Gasteiger partial charge in [0, 0.05) is 23.2 Å². The summed E-state index contributed by atoms with van der Waals surface area (Å²) in [4.78, 5) is 14.2. The largest absolute Gasteiger partial charge is 0.481 e. The molecule has 0 spiro atoms. The van der Waals surface area contributed by atoms with E-state index in [1.54, 1.807) is 0 Å². The summed E-state index contributed by atoms with van der Waals surface area (Å²) in [5.41, 5.74) is 2.41. The molecule has 0 saturated heterocycles. The molecule has 4 heteroatoms. The molecule has 1 aromatic carbocycles. The Morgan fingerprint density at radius 2 is 2.35 bits per heavy atom. The molecule has 0 amide bonds. The molecule has 0 bridgehead atoms. The van der Waals surface area contributed by atoms with Crippen LogP contribution in [0, 0.1) is 6.92 Å². The summed E-state index contributed by atoms with van der Waals surface area (Å²) in [7, 11) is 0. The first-order valence-electron chi connectivity index (χ1n) is 5.80. The Morgan fingerprint density at radius 1 is 1.59 bits per heavy atom. The zero-order valence-corrected chi connectivity index (χ0v) is 11.0. The van der Waals surface area contributed by atoms with Crippen molar-refractivity contribution in [2.75, 3.05) is 17.2 Å². The number of fused-ring (bicyclic) bond motifs is 1. The predicted octanol–water partition coefficient (Wildman–Crippen LogP) is 2.77. The van der Waals surface area contributed by atoms with E-state index in [1.807, 2.05) is 11.8 Å². The van der Waals surface area contributed by atoms with Gasteiger partial charge in [0.25, 0.3) is 0 Å². The van der Waals surface area contributed by atoms with Crippen molar-refractivity contribution >= 4 is 23.4 Å². The third-order valence-corrected chi connectivity index (χ3v) is 4.31. The fourth-order valence-corrected chi connectivity index (χ4v) is 3.16. The van der Waals surface area contributed by atoms with Gasteiger partial charge in [-0.15, -0.1) is 11.8 Å².